The molecule has 134 valence electrons. The molecule has 1 aliphatic heterocycles. The van der Waals surface area contributed by atoms with E-state index in [2.05, 4.69) is 11.9 Å². The van der Waals surface area contributed by atoms with Crippen molar-refractivity contribution in [2.24, 2.45) is 0 Å². The van der Waals surface area contributed by atoms with E-state index in [9.17, 15) is 14.4 Å². The standard InChI is InChI=1S/C19H19N3O4/c1-3-17(23)20-14-6-4-5-13(11-14)18(24)22-10-9-21-8-7-15(16(21)12-22)19(25)26-2/h3-8,11H,1,9-10,12H2,2H3,(H,20,23). The summed E-state index contributed by atoms with van der Waals surface area (Å²) in [6.07, 6.45) is 3.00. The first-order valence-corrected chi connectivity index (χ1v) is 8.12. The summed E-state index contributed by atoms with van der Waals surface area (Å²) in [5.41, 5.74) is 2.22. The van der Waals surface area contributed by atoms with Gasteiger partial charge >= 0.3 is 5.97 Å². The Balaban J connectivity index is 1.80. The second kappa shape index (κ2) is 7.26. The van der Waals surface area contributed by atoms with Crippen LogP contribution in [0.5, 0.6) is 0 Å². The molecule has 7 nitrogen and oxygen atoms in total. The molecule has 7 heteroatoms. The number of hydrogen-bond acceptors (Lipinski definition) is 4. The number of carbonyl (C=O) groups excluding carboxylic acids is 3. The topological polar surface area (TPSA) is 80.6 Å². The molecule has 26 heavy (non-hydrogen) atoms. The molecule has 2 heterocycles. The van der Waals surface area contributed by atoms with Crippen molar-refractivity contribution in [1.82, 2.24) is 9.47 Å². The number of nitrogens with zero attached hydrogens (tertiary/aromatic N) is 2. The van der Waals surface area contributed by atoms with Gasteiger partial charge in [-0.3, -0.25) is 9.59 Å². The smallest absolute Gasteiger partial charge is 0.339 e. The van der Waals surface area contributed by atoms with Crippen molar-refractivity contribution < 1.29 is 19.1 Å². The van der Waals surface area contributed by atoms with Gasteiger partial charge in [-0.15, -0.1) is 0 Å². The highest BCUT2D eigenvalue weighted by molar-refractivity contribution is 6.01. The number of fused-ring (bicyclic) bond motifs is 1. The van der Waals surface area contributed by atoms with Crippen LogP contribution in [0.1, 0.15) is 26.4 Å². The first-order chi connectivity index (χ1) is 12.5. The lowest BCUT2D eigenvalue weighted by Crippen LogP contribution is -2.38. The van der Waals surface area contributed by atoms with Crippen molar-refractivity contribution in [3.05, 3.63) is 66.0 Å². The van der Waals surface area contributed by atoms with Gasteiger partial charge in [-0.2, -0.15) is 0 Å². The number of ether oxygens (including phenoxy) is 1. The zero-order valence-electron chi connectivity index (χ0n) is 14.4. The number of benzene rings is 1. The number of esters is 1. The first kappa shape index (κ1) is 17.5. The van der Waals surface area contributed by atoms with E-state index in [1.165, 1.54) is 13.2 Å². The molecule has 0 bridgehead atoms. The molecular weight excluding hydrogens is 334 g/mol. The minimum atomic E-state index is -0.415. The lowest BCUT2D eigenvalue weighted by Gasteiger charge is -2.29. The highest BCUT2D eigenvalue weighted by Gasteiger charge is 2.26. The van der Waals surface area contributed by atoms with Gasteiger partial charge < -0.3 is 19.5 Å². The van der Waals surface area contributed by atoms with Crippen molar-refractivity contribution in [3.63, 3.8) is 0 Å². The molecule has 1 aromatic heterocycles. The Morgan fingerprint density at radius 1 is 1.23 bits per heavy atom. The van der Waals surface area contributed by atoms with Gasteiger partial charge in [0, 0.05) is 30.5 Å². The van der Waals surface area contributed by atoms with Crippen molar-refractivity contribution >= 4 is 23.5 Å². The van der Waals surface area contributed by atoms with Crippen LogP contribution in [0.4, 0.5) is 5.69 Å². The number of aromatic nitrogens is 1. The van der Waals surface area contributed by atoms with Gasteiger partial charge in [-0.05, 0) is 30.3 Å². The van der Waals surface area contributed by atoms with Gasteiger partial charge in [-0.25, -0.2) is 4.79 Å². The van der Waals surface area contributed by atoms with Crippen LogP contribution in [-0.2, 0) is 22.6 Å². The second-order valence-electron chi connectivity index (χ2n) is 5.86. The monoisotopic (exact) mass is 353 g/mol. The summed E-state index contributed by atoms with van der Waals surface area (Å²) in [4.78, 5) is 37.8. The first-order valence-electron chi connectivity index (χ1n) is 8.12. The van der Waals surface area contributed by atoms with E-state index in [-0.39, 0.29) is 11.8 Å². The molecule has 3 rings (SSSR count). The molecule has 1 N–H and O–H groups in total. The molecule has 0 spiro atoms. The molecule has 2 amide bonds. The van der Waals surface area contributed by atoms with Crippen LogP contribution in [0, 0.1) is 0 Å². The summed E-state index contributed by atoms with van der Waals surface area (Å²) in [5, 5.41) is 2.64. The van der Waals surface area contributed by atoms with E-state index < -0.39 is 5.97 Å². The molecular formula is C19H19N3O4. The third kappa shape index (κ3) is 3.37. The Morgan fingerprint density at radius 3 is 2.77 bits per heavy atom. The van der Waals surface area contributed by atoms with Gasteiger partial charge in [0.1, 0.15) is 0 Å². The van der Waals surface area contributed by atoms with Crippen LogP contribution in [0.2, 0.25) is 0 Å². The number of anilines is 1. The van der Waals surface area contributed by atoms with E-state index in [0.717, 1.165) is 5.69 Å². The summed E-state index contributed by atoms with van der Waals surface area (Å²) < 4.78 is 6.76. The SMILES string of the molecule is C=CC(=O)Nc1cccc(C(=O)N2CCn3ccc(C(=O)OC)c3C2)c1. The summed E-state index contributed by atoms with van der Waals surface area (Å²) in [6, 6.07) is 8.44. The van der Waals surface area contributed by atoms with Gasteiger partial charge in [0.15, 0.2) is 0 Å². The lowest BCUT2D eigenvalue weighted by atomic mass is 10.1. The highest BCUT2D eigenvalue weighted by Crippen LogP contribution is 2.22. The zero-order chi connectivity index (χ0) is 18.7. The minimum Gasteiger partial charge on any atom is -0.465 e. The third-order valence-electron chi connectivity index (χ3n) is 4.29. The van der Waals surface area contributed by atoms with Crippen LogP contribution in [0.15, 0.2) is 49.2 Å². The maximum absolute atomic E-state index is 12.9. The van der Waals surface area contributed by atoms with Crippen LogP contribution >= 0.6 is 0 Å². The number of methoxy groups -OCH3 is 1. The van der Waals surface area contributed by atoms with E-state index in [1.54, 1.807) is 35.2 Å². The quantitative estimate of drug-likeness (QED) is 0.674. The normalized spacial score (nSPS) is 12.9. The zero-order valence-corrected chi connectivity index (χ0v) is 14.4. The van der Waals surface area contributed by atoms with Gasteiger partial charge in [0.2, 0.25) is 5.91 Å². The maximum atomic E-state index is 12.9. The van der Waals surface area contributed by atoms with Crippen molar-refractivity contribution in [2.75, 3.05) is 19.0 Å². The molecule has 2 aromatic rings. The van der Waals surface area contributed by atoms with E-state index in [0.29, 0.717) is 36.4 Å². The summed E-state index contributed by atoms with van der Waals surface area (Å²) in [6.45, 7) is 4.86. The van der Waals surface area contributed by atoms with Crippen LogP contribution in [0.3, 0.4) is 0 Å². The summed E-state index contributed by atoms with van der Waals surface area (Å²) >= 11 is 0. The fourth-order valence-corrected chi connectivity index (χ4v) is 2.95. The molecule has 0 aliphatic carbocycles. The van der Waals surface area contributed by atoms with Crippen LogP contribution < -0.4 is 5.32 Å². The highest BCUT2D eigenvalue weighted by atomic mass is 16.5. The Bertz CT molecular complexity index is 885. The number of amides is 2. The number of rotatable bonds is 4. The second-order valence-corrected chi connectivity index (χ2v) is 5.86. The fourth-order valence-electron chi connectivity index (χ4n) is 2.95. The average molecular weight is 353 g/mol. The maximum Gasteiger partial charge on any atom is 0.339 e. The Labute approximate surface area is 150 Å². The average Bonchev–Trinajstić information content (AvgIpc) is 3.10. The predicted molar refractivity (Wildman–Crippen MR) is 95.8 cm³/mol. The molecule has 0 atom stereocenters. The van der Waals surface area contributed by atoms with E-state index in [1.807, 2.05) is 10.8 Å². The molecule has 0 unspecified atom stereocenters. The van der Waals surface area contributed by atoms with E-state index >= 15 is 0 Å². The molecule has 0 saturated heterocycles. The fraction of sp³-hybridized carbons (Fsp3) is 0.211. The predicted octanol–water partition coefficient (Wildman–Crippen LogP) is 2.06. The van der Waals surface area contributed by atoms with E-state index in [4.69, 9.17) is 4.74 Å². The van der Waals surface area contributed by atoms with Gasteiger partial charge in [-0.1, -0.05) is 12.6 Å². The lowest BCUT2D eigenvalue weighted by molar-refractivity contribution is -0.111. The van der Waals surface area contributed by atoms with Gasteiger partial charge in [0.25, 0.3) is 5.91 Å². The summed E-state index contributed by atoms with van der Waals surface area (Å²) in [5.74, 6) is -0.918. The number of nitrogens with one attached hydrogen (secondary N) is 1. The molecule has 1 aliphatic rings. The third-order valence-corrected chi connectivity index (χ3v) is 4.29. The Morgan fingerprint density at radius 2 is 2.04 bits per heavy atom. The van der Waals surface area contributed by atoms with Crippen molar-refractivity contribution in [1.29, 1.82) is 0 Å². The van der Waals surface area contributed by atoms with Gasteiger partial charge in [0.05, 0.1) is 24.9 Å². The summed E-state index contributed by atoms with van der Waals surface area (Å²) in [7, 11) is 1.33. The number of carbonyl (C=O) groups is 3. The number of hydrogen-bond donors (Lipinski definition) is 1. The minimum absolute atomic E-state index is 0.164. The Kier molecular flexibility index (Phi) is 4.88. The molecule has 0 fully saturated rings. The van der Waals surface area contributed by atoms with Crippen molar-refractivity contribution in [2.45, 2.75) is 13.1 Å². The molecule has 0 radical (unpaired) electrons. The molecule has 1 aromatic carbocycles. The van der Waals surface area contributed by atoms with Crippen molar-refractivity contribution in [3.8, 4) is 0 Å². The largest absolute Gasteiger partial charge is 0.465 e. The van der Waals surface area contributed by atoms with Crippen LogP contribution in [0.25, 0.3) is 0 Å². The van der Waals surface area contributed by atoms with Crippen LogP contribution in [-0.4, -0.2) is 40.9 Å². The molecule has 0 saturated carbocycles. The Hall–Kier alpha value is -3.35.